The van der Waals surface area contributed by atoms with Crippen LogP contribution in [0.15, 0.2) is 96.1 Å². The first kappa shape index (κ1) is 26.1. The van der Waals surface area contributed by atoms with Gasteiger partial charge in [0.25, 0.3) is 5.91 Å². The van der Waals surface area contributed by atoms with E-state index in [1.54, 1.807) is 30.3 Å². The van der Waals surface area contributed by atoms with Gasteiger partial charge in [-0.3, -0.25) is 4.79 Å². The molecule has 0 saturated heterocycles. The lowest BCUT2D eigenvalue weighted by atomic mass is 10.2. The van der Waals surface area contributed by atoms with Crippen LogP contribution in [0.25, 0.3) is 0 Å². The molecule has 0 aliphatic heterocycles. The van der Waals surface area contributed by atoms with Crippen molar-refractivity contribution in [2.24, 2.45) is 5.10 Å². The number of nitrogens with zero attached hydrogens (tertiary/aromatic N) is 1. The van der Waals surface area contributed by atoms with E-state index in [1.165, 1.54) is 13.3 Å². The molecule has 1 amide bonds. The third-order valence-electron chi connectivity index (χ3n) is 5.29. The maximum absolute atomic E-state index is 12.6. The Kier molecular flexibility index (Phi) is 9.03. The van der Waals surface area contributed by atoms with Crippen molar-refractivity contribution < 1.29 is 19.0 Å². The SMILES string of the molecule is COc1cc(C(=O)N/N=C/c2cc(Cl)c(OCc3ccccc3)c(Cl)c2)ccc1OCc1ccccc1. The van der Waals surface area contributed by atoms with Crippen LogP contribution in [0.3, 0.4) is 0 Å². The van der Waals surface area contributed by atoms with Crippen LogP contribution in [-0.2, 0) is 13.2 Å². The number of amides is 1. The number of carbonyl (C=O) groups is 1. The number of hydrogen-bond acceptors (Lipinski definition) is 5. The minimum absolute atomic E-state index is 0.337. The topological polar surface area (TPSA) is 69.2 Å². The normalized spacial score (nSPS) is 10.8. The monoisotopic (exact) mass is 534 g/mol. The van der Waals surface area contributed by atoms with Crippen molar-refractivity contribution in [2.45, 2.75) is 13.2 Å². The summed E-state index contributed by atoms with van der Waals surface area (Å²) in [4.78, 5) is 12.6. The Morgan fingerprint density at radius 1 is 0.811 bits per heavy atom. The second-order valence-electron chi connectivity index (χ2n) is 7.93. The summed E-state index contributed by atoms with van der Waals surface area (Å²) >= 11 is 12.7. The summed E-state index contributed by atoms with van der Waals surface area (Å²) in [7, 11) is 1.52. The van der Waals surface area contributed by atoms with E-state index in [1.807, 2.05) is 60.7 Å². The molecule has 0 radical (unpaired) electrons. The Bertz CT molecular complexity index is 1360. The van der Waals surface area contributed by atoms with Gasteiger partial charge in [-0.25, -0.2) is 5.43 Å². The lowest BCUT2D eigenvalue weighted by molar-refractivity contribution is 0.0954. The smallest absolute Gasteiger partial charge is 0.271 e. The van der Waals surface area contributed by atoms with Gasteiger partial charge in [0, 0.05) is 5.56 Å². The average Bonchev–Trinajstić information content (AvgIpc) is 2.92. The molecule has 0 bridgehead atoms. The van der Waals surface area contributed by atoms with Gasteiger partial charge in [0.2, 0.25) is 0 Å². The lowest BCUT2D eigenvalue weighted by Crippen LogP contribution is -2.17. The zero-order chi connectivity index (χ0) is 26.0. The van der Waals surface area contributed by atoms with Crippen LogP contribution in [0.5, 0.6) is 17.2 Å². The first-order valence-corrected chi connectivity index (χ1v) is 12.1. The predicted molar refractivity (Wildman–Crippen MR) is 146 cm³/mol. The standard InChI is InChI=1S/C29H24Cl2N2O4/c1-35-27-16-23(12-13-26(27)36-18-20-8-4-2-5-9-20)29(34)33-32-17-22-14-24(30)28(25(31)15-22)37-19-21-10-6-3-7-11-21/h2-17H,18-19H2,1H3,(H,33,34)/b32-17+. The van der Waals surface area contributed by atoms with Crippen molar-refractivity contribution in [3.63, 3.8) is 0 Å². The highest BCUT2D eigenvalue weighted by molar-refractivity contribution is 6.37. The van der Waals surface area contributed by atoms with Crippen LogP contribution in [0, 0.1) is 0 Å². The zero-order valence-electron chi connectivity index (χ0n) is 20.0. The van der Waals surface area contributed by atoms with Crippen molar-refractivity contribution in [2.75, 3.05) is 7.11 Å². The van der Waals surface area contributed by atoms with E-state index in [0.29, 0.717) is 51.6 Å². The Labute approximate surface area is 225 Å². The second kappa shape index (κ2) is 12.8. The van der Waals surface area contributed by atoms with Gasteiger partial charge < -0.3 is 14.2 Å². The van der Waals surface area contributed by atoms with Gasteiger partial charge in [-0.2, -0.15) is 5.10 Å². The quantitative estimate of drug-likeness (QED) is 0.177. The van der Waals surface area contributed by atoms with E-state index in [-0.39, 0.29) is 0 Å². The number of hydrazone groups is 1. The summed E-state index contributed by atoms with van der Waals surface area (Å²) in [5.41, 5.74) is 5.48. The number of nitrogens with one attached hydrogen (secondary N) is 1. The highest BCUT2D eigenvalue weighted by atomic mass is 35.5. The summed E-state index contributed by atoms with van der Waals surface area (Å²) in [6.07, 6.45) is 1.45. The molecule has 0 unspecified atom stereocenters. The van der Waals surface area contributed by atoms with Crippen LogP contribution in [0.1, 0.15) is 27.0 Å². The molecule has 0 saturated carbocycles. The van der Waals surface area contributed by atoms with Crippen LogP contribution >= 0.6 is 23.2 Å². The van der Waals surface area contributed by atoms with E-state index in [0.717, 1.165) is 11.1 Å². The molecule has 0 spiro atoms. The van der Waals surface area contributed by atoms with Crippen molar-refractivity contribution in [1.29, 1.82) is 0 Å². The molecule has 0 aliphatic rings. The van der Waals surface area contributed by atoms with E-state index in [2.05, 4.69) is 10.5 Å². The Hall–Kier alpha value is -4.00. The van der Waals surface area contributed by atoms with Gasteiger partial charge in [-0.15, -0.1) is 0 Å². The van der Waals surface area contributed by atoms with Crippen molar-refractivity contribution in [3.8, 4) is 17.2 Å². The molecule has 0 aliphatic carbocycles. The summed E-state index contributed by atoms with van der Waals surface area (Å²) in [5, 5.41) is 4.70. The minimum atomic E-state index is -0.413. The number of ether oxygens (including phenoxy) is 3. The Balaban J connectivity index is 1.36. The Morgan fingerprint density at radius 2 is 1.41 bits per heavy atom. The maximum atomic E-state index is 12.6. The van der Waals surface area contributed by atoms with E-state index >= 15 is 0 Å². The van der Waals surface area contributed by atoms with Crippen molar-refractivity contribution in [1.82, 2.24) is 5.43 Å². The van der Waals surface area contributed by atoms with E-state index in [4.69, 9.17) is 37.4 Å². The number of rotatable bonds is 10. The first-order chi connectivity index (χ1) is 18.0. The average molecular weight is 535 g/mol. The summed E-state index contributed by atoms with van der Waals surface area (Å²) in [6.45, 7) is 0.720. The van der Waals surface area contributed by atoms with Gasteiger partial charge >= 0.3 is 0 Å². The molecule has 1 N–H and O–H groups in total. The number of methoxy groups -OCH3 is 1. The molecule has 188 valence electrons. The Morgan fingerprint density at radius 3 is 2.00 bits per heavy atom. The third-order valence-corrected chi connectivity index (χ3v) is 5.85. The molecular formula is C29H24Cl2N2O4. The first-order valence-electron chi connectivity index (χ1n) is 11.4. The number of halogens is 2. The highest BCUT2D eigenvalue weighted by Crippen LogP contribution is 2.34. The number of hydrogen-bond donors (Lipinski definition) is 1. The summed E-state index contributed by atoms with van der Waals surface area (Å²) in [5.74, 6) is 0.946. The summed E-state index contributed by atoms with van der Waals surface area (Å²) in [6, 6.07) is 27.7. The number of carbonyl (C=O) groups excluding carboxylic acids is 1. The highest BCUT2D eigenvalue weighted by Gasteiger charge is 2.12. The lowest BCUT2D eigenvalue weighted by Gasteiger charge is -2.12. The molecule has 6 nitrogen and oxygen atoms in total. The molecule has 0 atom stereocenters. The fourth-order valence-electron chi connectivity index (χ4n) is 3.42. The third kappa shape index (κ3) is 7.26. The minimum Gasteiger partial charge on any atom is -0.493 e. The van der Waals surface area contributed by atoms with Crippen molar-refractivity contribution in [3.05, 3.63) is 123 Å². The van der Waals surface area contributed by atoms with Gasteiger partial charge in [0.05, 0.1) is 23.4 Å². The second-order valence-corrected chi connectivity index (χ2v) is 8.74. The molecule has 4 rings (SSSR count). The molecule has 4 aromatic carbocycles. The van der Waals surface area contributed by atoms with Gasteiger partial charge in [0.1, 0.15) is 13.2 Å². The summed E-state index contributed by atoms with van der Waals surface area (Å²) < 4.78 is 17.0. The molecule has 4 aromatic rings. The molecule has 0 aromatic heterocycles. The van der Waals surface area contributed by atoms with E-state index in [9.17, 15) is 4.79 Å². The zero-order valence-corrected chi connectivity index (χ0v) is 21.5. The van der Waals surface area contributed by atoms with Crippen LogP contribution < -0.4 is 19.6 Å². The van der Waals surface area contributed by atoms with Crippen molar-refractivity contribution >= 4 is 35.3 Å². The van der Waals surface area contributed by atoms with Crippen LogP contribution in [-0.4, -0.2) is 19.2 Å². The van der Waals surface area contributed by atoms with Crippen LogP contribution in [0.2, 0.25) is 10.0 Å². The largest absolute Gasteiger partial charge is 0.493 e. The van der Waals surface area contributed by atoms with E-state index < -0.39 is 5.91 Å². The van der Waals surface area contributed by atoms with Gasteiger partial charge in [-0.05, 0) is 47.0 Å². The predicted octanol–water partition coefficient (Wildman–Crippen LogP) is 6.92. The fourth-order valence-corrected chi connectivity index (χ4v) is 4.03. The fraction of sp³-hybridized carbons (Fsp3) is 0.103. The maximum Gasteiger partial charge on any atom is 0.271 e. The molecule has 0 fully saturated rings. The van der Waals surface area contributed by atoms with Gasteiger partial charge in [-0.1, -0.05) is 83.9 Å². The molecule has 8 heteroatoms. The molecular weight excluding hydrogens is 511 g/mol. The molecule has 37 heavy (non-hydrogen) atoms. The van der Waals surface area contributed by atoms with Gasteiger partial charge in [0.15, 0.2) is 17.2 Å². The molecule has 0 heterocycles. The van der Waals surface area contributed by atoms with Crippen LogP contribution in [0.4, 0.5) is 0 Å². The number of benzene rings is 4.